The number of rotatable bonds is 3. The van der Waals surface area contributed by atoms with Crippen LogP contribution in [0.4, 0.5) is 5.82 Å². The van der Waals surface area contributed by atoms with E-state index in [9.17, 15) is 0 Å². The summed E-state index contributed by atoms with van der Waals surface area (Å²) in [6.45, 7) is 2.83. The highest BCUT2D eigenvalue weighted by molar-refractivity contribution is 5.83. The molecular weight excluding hydrogens is 232 g/mol. The predicted molar refractivity (Wildman–Crippen MR) is 80.2 cm³/mol. The van der Waals surface area contributed by atoms with Gasteiger partial charge in [0.05, 0.1) is 0 Å². The number of aromatic nitrogens is 1. The summed E-state index contributed by atoms with van der Waals surface area (Å²) in [4.78, 5) is 4.34. The number of anilines is 1. The number of benzene rings is 2. The fourth-order valence-corrected chi connectivity index (χ4v) is 2.11. The minimum Gasteiger partial charge on any atom is -0.366 e. The van der Waals surface area contributed by atoms with Gasteiger partial charge < -0.3 is 5.32 Å². The van der Waals surface area contributed by atoms with Crippen molar-refractivity contribution >= 4 is 16.6 Å². The van der Waals surface area contributed by atoms with Gasteiger partial charge >= 0.3 is 0 Å². The molecule has 0 aliphatic heterocycles. The zero-order valence-corrected chi connectivity index (χ0v) is 10.9. The Bertz CT molecular complexity index is 687. The zero-order valence-electron chi connectivity index (χ0n) is 10.9. The van der Waals surface area contributed by atoms with Crippen LogP contribution in [0.1, 0.15) is 11.1 Å². The predicted octanol–water partition coefficient (Wildman–Crippen LogP) is 4.16. The van der Waals surface area contributed by atoms with E-state index in [1.165, 1.54) is 21.9 Å². The zero-order chi connectivity index (χ0) is 13.1. The van der Waals surface area contributed by atoms with E-state index in [-0.39, 0.29) is 0 Å². The molecule has 2 aromatic carbocycles. The number of hydrogen-bond acceptors (Lipinski definition) is 2. The van der Waals surface area contributed by atoms with Gasteiger partial charge in [0.25, 0.3) is 0 Å². The number of pyridine rings is 1. The summed E-state index contributed by atoms with van der Waals surface area (Å²) >= 11 is 0. The molecule has 1 N–H and O–H groups in total. The van der Waals surface area contributed by atoms with Crippen LogP contribution in [0.3, 0.4) is 0 Å². The lowest BCUT2D eigenvalue weighted by Crippen LogP contribution is -2.01. The van der Waals surface area contributed by atoms with Gasteiger partial charge in [-0.25, -0.2) is 4.98 Å². The van der Waals surface area contributed by atoms with Crippen LogP contribution in [0.15, 0.2) is 60.8 Å². The molecule has 0 fully saturated rings. The highest BCUT2D eigenvalue weighted by atomic mass is 15.0. The van der Waals surface area contributed by atoms with E-state index in [1.807, 2.05) is 19.2 Å². The molecule has 0 spiro atoms. The normalized spacial score (nSPS) is 10.6. The third-order valence-electron chi connectivity index (χ3n) is 3.20. The van der Waals surface area contributed by atoms with Crippen LogP contribution in [-0.4, -0.2) is 4.98 Å². The highest BCUT2D eigenvalue weighted by Gasteiger charge is 1.97. The molecule has 0 unspecified atom stereocenters. The number of nitrogens with zero attached hydrogens (tertiary/aromatic N) is 1. The smallest absolute Gasteiger partial charge is 0.126 e. The van der Waals surface area contributed by atoms with E-state index < -0.39 is 0 Å². The number of hydrogen-bond donors (Lipinski definition) is 1. The molecule has 1 aromatic heterocycles. The summed E-state index contributed by atoms with van der Waals surface area (Å²) in [5.41, 5.74) is 2.44. The van der Waals surface area contributed by atoms with E-state index in [0.29, 0.717) is 0 Å². The van der Waals surface area contributed by atoms with E-state index >= 15 is 0 Å². The molecular formula is C17H16N2. The molecule has 3 aromatic rings. The molecule has 19 heavy (non-hydrogen) atoms. The van der Waals surface area contributed by atoms with Crippen LogP contribution in [0, 0.1) is 6.92 Å². The SMILES string of the molecule is Cc1ccc(NCc2ccc3ccccc3c2)nc1. The molecule has 0 aliphatic carbocycles. The third-order valence-corrected chi connectivity index (χ3v) is 3.20. The number of fused-ring (bicyclic) bond motifs is 1. The fourth-order valence-electron chi connectivity index (χ4n) is 2.11. The van der Waals surface area contributed by atoms with Crippen molar-refractivity contribution in [2.24, 2.45) is 0 Å². The summed E-state index contributed by atoms with van der Waals surface area (Å²) in [5, 5.41) is 5.90. The van der Waals surface area contributed by atoms with E-state index in [0.717, 1.165) is 12.4 Å². The Morgan fingerprint density at radius 2 is 1.79 bits per heavy atom. The first-order chi connectivity index (χ1) is 9.31. The molecule has 0 aliphatic rings. The lowest BCUT2D eigenvalue weighted by molar-refractivity contribution is 1.11. The highest BCUT2D eigenvalue weighted by Crippen LogP contribution is 2.16. The first-order valence-electron chi connectivity index (χ1n) is 6.45. The average Bonchev–Trinajstić information content (AvgIpc) is 2.46. The van der Waals surface area contributed by atoms with Gasteiger partial charge in [-0.05, 0) is 41.0 Å². The molecule has 1 heterocycles. The summed E-state index contributed by atoms with van der Waals surface area (Å²) in [7, 11) is 0. The Morgan fingerprint density at radius 3 is 2.58 bits per heavy atom. The van der Waals surface area contributed by atoms with Gasteiger partial charge in [0.1, 0.15) is 5.82 Å². The Balaban J connectivity index is 1.76. The molecule has 0 amide bonds. The molecule has 2 heteroatoms. The van der Waals surface area contributed by atoms with Crippen LogP contribution < -0.4 is 5.32 Å². The Labute approximate surface area is 113 Å². The second kappa shape index (κ2) is 5.11. The van der Waals surface area contributed by atoms with Gasteiger partial charge in [0, 0.05) is 12.7 Å². The first kappa shape index (κ1) is 11.7. The summed E-state index contributed by atoms with van der Waals surface area (Å²) in [6.07, 6.45) is 1.88. The fraction of sp³-hybridized carbons (Fsp3) is 0.118. The van der Waals surface area contributed by atoms with Crippen molar-refractivity contribution in [3.8, 4) is 0 Å². The largest absolute Gasteiger partial charge is 0.366 e. The van der Waals surface area contributed by atoms with E-state index in [2.05, 4.69) is 58.8 Å². The topological polar surface area (TPSA) is 24.9 Å². The van der Waals surface area contributed by atoms with Crippen molar-refractivity contribution in [1.29, 1.82) is 0 Å². The van der Waals surface area contributed by atoms with Gasteiger partial charge in [-0.3, -0.25) is 0 Å². The lowest BCUT2D eigenvalue weighted by Gasteiger charge is -2.07. The lowest BCUT2D eigenvalue weighted by atomic mass is 10.1. The van der Waals surface area contributed by atoms with Crippen molar-refractivity contribution in [3.05, 3.63) is 71.9 Å². The number of nitrogens with one attached hydrogen (secondary N) is 1. The monoisotopic (exact) mass is 248 g/mol. The minimum absolute atomic E-state index is 0.793. The summed E-state index contributed by atoms with van der Waals surface area (Å²) < 4.78 is 0. The van der Waals surface area contributed by atoms with Crippen LogP contribution >= 0.6 is 0 Å². The molecule has 2 nitrogen and oxygen atoms in total. The molecule has 0 saturated heterocycles. The molecule has 0 radical (unpaired) electrons. The maximum atomic E-state index is 4.34. The van der Waals surface area contributed by atoms with Gasteiger partial charge in [0.15, 0.2) is 0 Å². The summed E-state index contributed by atoms with van der Waals surface area (Å²) in [5.74, 6) is 0.916. The van der Waals surface area contributed by atoms with Gasteiger partial charge in [-0.1, -0.05) is 42.5 Å². The van der Waals surface area contributed by atoms with Crippen molar-refractivity contribution < 1.29 is 0 Å². The maximum Gasteiger partial charge on any atom is 0.126 e. The quantitative estimate of drug-likeness (QED) is 0.753. The third kappa shape index (κ3) is 2.74. The average molecular weight is 248 g/mol. The van der Waals surface area contributed by atoms with Crippen LogP contribution in [-0.2, 0) is 6.54 Å². The van der Waals surface area contributed by atoms with Crippen LogP contribution in [0.25, 0.3) is 10.8 Å². The van der Waals surface area contributed by atoms with Crippen molar-refractivity contribution in [2.75, 3.05) is 5.32 Å². The van der Waals surface area contributed by atoms with E-state index in [4.69, 9.17) is 0 Å². The molecule has 0 atom stereocenters. The van der Waals surface area contributed by atoms with Crippen molar-refractivity contribution in [1.82, 2.24) is 4.98 Å². The molecule has 3 rings (SSSR count). The van der Waals surface area contributed by atoms with Gasteiger partial charge in [-0.2, -0.15) is 0 Å². The standard InChI is InChI=1S/C17H16N2/c1-13-6-9-17(18-11-13)19-12-14-7-8-15-4-2-3-5-16(15)10-14/h2-11H,12H2,1H3,(H,18,19). The Kier molecular flexibility index (Phi) is 3.15. The molecule has 0 bridgehead atoms. The van der Waals surface area contributed by atoms with Gasteiger partial charge in [0.2, 0.25) is 0 Å². The Hall–Kier alpha value is -2.35. The molecule has 0 saturated carbocycles. The van der Waals surface area contributed by atoms with E-state index in [1.54, 1.807) is 0 Å². The van der Waals surface area contributed by atoms with Crippen LogP contribution in [0.2, 0.25) is 0 Å². The first-order valence-corrected chi connectivity index (χ1v) is 6.45. The Morgan fingerprint density at radius 1 is 0.947 bits per heavy atom. The van der Waals surface area contributed by atoms with Crippen molar-refractivity contribution in [2.45, 2.75) is 13.5 Å². The maximum absolute atomic E-state index is 4.34. The van der Waals surface area contributed by atoms with Crippen molar-refractivity contribution in [3.63, 3.8) is 0 Å². The number of aryl methyl sites for hydroxylation is 1. The second-order valence-corrected chi connectivity index (χ2v) is 4.76. The van der Waals surface area contributed by atoms with Gasteiger partial charge in [-0.15, -0.1) is 0 Å². The minimum atomic E-state index is 0.793. The molecule has 94 valence electrons. The second-order valence-electron chi connectivity index (χ2n) is 4.76. The van der Waals surface area contributed by atoms with Crippen LogP contribution in [0.5, 0.6) is 0 Å². The summed E-state index contributed by atoms with van der Waals surface area (Å²) in [6, 6.07) is 19.0.